The van der Waals surface area contributed by atoms with E-state index in [0.29, 0.717) is 5.71 Å². The smallest absolute Gasteiger partial charge is 0.0864 e. The molecule has 2 heterocycles. The zero-order chi connectivity index (χ0) is 27.6. The van der Waals surface area contributed by atoms with Gasteiger partial charge in [-0.3, -0.25) is 10.4 Å². The third kappa shape index (κ3) is 4.64. The highest BCUT2D eigenvalue weighted by Gasteiger charge is 2.24. The van der Waals surface area contributed by atoms with Gasteiger partial charge < -0.3 is 5.32 Å². The molecule has 0 saturated carbocycles. The fourth-order valence-corrected chi connectivity index (χ4v) is 5.58. The SMILES string of the molecule is N=C(/C(=C1\NC(c2ccccn2)=Cc2ccccc21)c1cccc(-c2cccc3ccccc23)c1)c1ccccc1. The topological polar surface area (TPSA) is 48.8 Å². The van der Waals surface area contributed by atoms with Crippen LogP contribution in [0.3, 0.4) is 0 Å². The van der Waals surface area contributed by atoms with Crippen LogP contribution < -0.4 is 5.32 Å². The fourth-order valence-electron chi connectivity index (χ4n) is 5.58. The molecule has 3 nitrogen and oxygen atoms in total. The maximum absolute atomic E-state index is 9.55. The third-order valence-corrected chi connectivity index (χ3v) is 7.54. The van der Waals surface area contributed by atoms with Crippen molar-refractivity contribution in [3.8, 4) is 11.1 Å². The van der Waals surface area contributed by atoms with Gasteiger partial charge >= 0.3 is 0 Å². The molecule has 0 radical (unpaired) electrons. The second-order valence-electron chi connectivity index (χ2n) is 10.1. The molecule has 0 unspecified atom stereocenters. The van der Waals surface area contributed by atoms with Gasteiger partial charge in [-0.05, 0) is 57.3 Å². The summed E-state index contributed by atoms with van der Waals surface area (Å²) >= 11 is 0. The molecule has 1 aliphatic rings. The van der Waals surface area contributed by atoms with Gasteiger partial charge in [-0.2, -0.15) is 0 Å². The average molecular weight is 526 g/mol. The van der Waals surface area contributed by atoms with Crippen molar-refractivity contribution in [3.63, 3.8) is 0 Å². The molecule has 1 aromatic heterocycles. The summed E-state index contributed by atoms with van der Waals surface area (Å²) in [6, 6.07) is 47.7. The minimum Gasteiger partial charge on any atom is -0.353 e. The minimum atomic E-state index is 0.459. The summed E-state index contributed by atoms with van der Waals surface area (Å²) in [6.45, 7) is 0. The molecular weight excluding hydrogens is 498 g/mol. The van der Waals surface area contributed by atoms with Crippen molar-refractivity contribution in [2.75, 3.05) is 0 Å². The first-order chi connectivity index (χ1) is 20.3. The summed E-state index contributed by atoms with van der Waals surface area (Å²) in [6.07, 6.45) is 3.94. The largest absolute Gasteiger partial charge is 0.353 e. The maximum Gasteiger partial charge on any atom is 0.0864 e. The van der Waals surface area contributed by atoms with Gasteiger partial charge in [0.1, 0.15) is 0 Å². The van der Waals surface area contributed by atoms with E-state index >= 15 is 0 Å². The average Bonchev–Trinajstić information content (AvgIpc) is 3.05. The molecule has 0 bridgehead atoms. The molecule has 41 heavy (non-hydrogen) atoms. The number of rotatable bonds is 5. The van der Waals surface area contributed by atoms with Crippen LogP contribution in [0.4, 0.5) is 0 Å². The van der Waals surface area contributed by atoms with Crippen LogP contribution in [0.15, 0.2) is 146 Å². The van der Waals surface area contributed by atoms with Crippen LogP contribution in [0.5, 0.6) is 0 Å². The third-order valence-electron chi connectivity index (χ3n) is 7.54. The first-order valence-electron chi connectivity index (χ1n) is 13.7. The van der Waals surface area contributed by atoms with Gasteiger partial charge in [-0.15, -0.1) is 0 Å². The molecular formula is C38H27N3. The second-order valence-corrected chi connectivity index (χ2v) is 10.1. The lowest BCUT2D eigenvalue weighted by Crippen LogP contribution is -2.20. The number of aromatic nitrogens is 1. The zero-order valence-electron chi connectivity index (χ0n) is 22.4. The van der Waals surface area contributed by atoms with E-state index in [2.05, 4.69) is 107 Å². The monoisotopic (exact) mass is 525 g/mol. The number of nitrogens with zero attached hydrogens (tertiary/aromatic N) is 1. The van der Waals surface area contributed by atoms with Crippen molar-refractivity contribution < 1.29 is 0 Å². The Hall–Kier alpha value is -5.54. The van der Waals surface area contributed by atoms with E-state index in [9.17, 15) is 5.41 Å². The first kappa shape index (κ1) is 24.5. The van der Waals surface area contributed by atoms with Crippen molar-refractivity contribution >= 4 is 39.5 Å². The second kappa shape index (κ2) is 10.6. The van der Waals surface area contributed by atoms with Crippen LogP contribution in [-0.4, -0.2) is 10.7 Å². The number of hydrogen-bond donors (Lipinski definition) is 2. The summed E-state index contributed by atoms with van der Waals surface area (Å²) in [4.78, 5) is 4.62. The van der Waals surface area contributed by atoms with Crippen molar-refractivity contribution in [1.29, 1.82) is 5.41 Å². The van der Waals surface area contributed by atoms with Crippen molar-refractivity contribution in [1.82, 2.24) is 10.3 Å². The summed E-state index contributed by atoms with van der Waals surface area (Å²) in [5.41, 5.74) is 10.2. The molecule has 0 fully saturated rings. The highest BCUT2D eigenvalue weighted by molar-refractivity contribution is 6.36. The summed E-state index contributed by atoms with van der Waals surface area (Å²) < 4.78 is 0. The summed E-state index contributed by atoms with van der Waals surface area (Å²) in [7, 11) is 0. The van der Waals surface area contributed by atoms with E-state index in [0.717, 1.165) is 50.5 Å². The van der Waals surface area contributed by atoms with E-state index in [1.807, 2.05) is 54.7 Å². The standard InChI is InChI=1S/C38H27N3/c39-37(27-13-2-1-3-14-27)36(30-18-10-17-28(24-30)32-21-11-16-26-12-4-6-19-31(26)32)38-33-20-7-5-15-29(33)25-35(41-38)34-22-8-9-23-40-34/h1-25,39,41H/b38-36-,39-37?. The Kier molecular flexibility index (Phi) is 6.31. The molecule has 0 saturated heterocycles. The van der Waals surface area contributed by atoms with Crippen LogP contribution in [0, 0.1) is 5.41 Å². The number of fused-ring (bicyclic) bond motifs is 2. The van der Waals surface area contributed by atoms with Crippen molar-refractivity contribution in [3.05, 3.63) is 174 Å². The van der Waals surface area contributed by atoms with Crippen LogP contribution >= 0.6 is 0 Å². The van der Waals surface area contributed by atoms with Crippen LogP contribution in [-0.2, 0) is 0 Å². The molecule has 3 heteroatoms. The van der Waals surface area contributed by atoms with Crippen molar-refractivity contribution in [2.24, 2.45) is 0 Å². The van der Waals surface area contributed by atoms with Gasteiger partial charge in [0.15, 0.2) is 0 Å². The summed E-state index contributed by atoms with van der Waals surface area (Å²) in [5.74, 6) is 0. The van der Waals surface area contributed by atoms with E-state index in [1.54, 1.807) is 0 Å². The molecule has 2 N–H and O–H groups in total. The molecule has 5 aromatic carbocycles. The molecule has 6 aromatic rings. The van der Waals surface area contributed by atoms with Crippen LogP contribution in [0.25, 0.3) is 44.9 Å². The number of benzene rings is 5. The molecule has 194 valence electrons. The normalized spacial score (nSPS) is 13.6. The maximum atomic E-state index is 9.55. The highest BCUT2D eigenvalue weighted by atomic mass is 14.9. The molecule has 7 rings (SSSR count). The van der Waals surface area contributed by atoms with Gasteiger partial charge in [0, 0.05) is 22.9 Å². The lowest BCUT2D eigenvalue weighted by Gasteiger charge is -2.26. The molecule has 0 spiro atoms. The van der Waals surface area contributed by atoms with Crippen LogP contribution in [0.2, 0.25) is 0 Å². The molecule has 0 amide bonds. The van der Waals surface area contributed by atoms with E-state index < -0.39 is 0 Å². The fraction of sp³-hybridized carbons (Fsp3) is 0. The Morgan fingerprint density at radius 3 is 2.20 bits per heavy atom. The highest BCUT2D eigenvalue weighted by Crippen LogP contribution is 2.37. The van der Waals surface area contributed by atoms with Crippen LogP contribution in [0.1, 0.15) is 27.9 Å². The number of pyridine rings is 1. The number of nitrogens with one attached hydrogen (secondary N) is 2. The number of hydrogen-bond acceptors (Lipinski definition) is 3. The van der Waals surface area contributed by atoms with Crippen molar-refractivity contribution in [2.45, 2.75) is 0 Å². The molecule has 0 aliphatic carbocycles. The number of allylic oxidation sites excluding steroid dienone is 1. The van der Waals surface area contributed by atoms with E-state index in [-0.39, 0.29) is 0 Å². The lowest BCUT2D eigenvalue weighted by molar-refractivity contribution is 1.16. The van der Waals surface area contributed by atoms with Gasteiger partial charge in [-0.25, -0.2) is 0 Å². The predicted molar refractivity (Wildman–Crippen MR) is 171 cm³/mol. The Balaban J connectivity index is 1.47. The minimum absolute atomic E-state index is 0.459. The molecule has 1 aliphatic heterocycles. The van der Waals surface area contributed by atoms with E-state index in [1.165, 1.54) is 16.3 Å². The first-order valence-corrected chi connectivity index (χ1v) is 13.7. The van der Waals surface area contributed by atoms with Gasteiger partial charge in [-0.1, -0.05) is 121 Å². The Bertz CT molecular complexity index is 1960. The quantitative estimate of drug-likeness (QED) is 0.221. The zero-order valence-corrected chi connectivity index (χ0v) is 22.4. The Morgan fingerprint density at radius 2 is 1.32 bits per heavy atom. The molecule has 0 atom stereocenters. The Morgan fingerprint density at radius 1 is 0.610 bits per heavy atom. The predicted octanol–water partition coefficient (Wildman–Crippen LogP) is 8.94. The Labute approximate surface area is 239 Å². The van der Waals surface area contributed by atoms with Gasteiger partial charge in [0.2, 0.25) is 0 Å². The van der Waals surface area contributed by atoms with Gasteiger partial charge in [0.25, 0.3) is 0 Å². The summed E-state index contributed by atoms with van der Waals surface area (Å²) in [5, 5.41) is 15.7. The van der Waals surface area contributed by atoms with E-state index in [4.69, 9.17) is 0 Å². The lowest BCUT2D eigenvalue weighted by atomic mass is 9.87. The van der Waals surface area contributed by atoms with Gasteiger partial charge in [0.05, 0.1) is 22.8 Å².